The van der Waals surface area contributed by atoms with Gasteiger partial charge in [-0.05, 0) is 18.9 Å². The van der Waals surface area contributed by atoms with Gasteiger partial charge in [-0.2, -0.15) is 5.26 Å². The van der Waals surface area contributed by atoms with Gasteiger partial charge in [-0.1, -0.05) is 0 Å². The van der Waals surface area contributed by atoms with Gasteiger partial charge in [0.1, 0.15) is 12.6 Å². The quantitative estimate of drug-likeness (QED) is 0.737. The summed E-state index contributed by atoms with van der Waals surface area (Å²) in [5.41, 5.74) is 0.458. The van der Waals surface area contributed by atoms with Gasteiger partial charge in [0.2, 0.25) is 23.6 Å². The maximum absolute atomic E-state index is 12.4. The maximum Gasteiger partial charge on any atom is 0.242 e. The van der Waals surface area contributed by atoms with E-state index in [-0.39, 0.29) is 43.2 Å². The number of carbonyl (C=O) groups excluding carboxylic acids is 3. The predicted octanol–water partition coefficient (Wildman–Crippen LogP) is 0.472. The van der Waals surface area contributed by atoms with E-state index >= 15 is 0 Å². The first-order valence-corrected chi connectivity index (χ1v) is 8.20. The van der Waals surface area contributed by atoms with E-state index in [0.717, 1.165) is 17.7 Å². The lowest BCUT2D eigenvalue weighted by atomic mass is 10.1. The summed E-state index contributed by atoms with van der Waals surface area (Å²) in [7, 11) is 0. The average molecular weight is 342 g/mol. The molecule has 0 N–H and O–H groups in total. The van der Waals surface area contributed by atoms with Gasteiger partial charge in [-0.15, -0.1) is 0 Å². The average Bonchev–Trinajstić information content (AvgIpc) is 2.94. The standard InChI is InChI=1S/C17H18N4O4/c18-9-12-5-6-19-14(8-12)25-13-2-1-7-20(10-13)17(24)11-21-15(22)3-4-16(21)23/h5-6,8,13H,1-4,7,10-11H2/t13-/m0/s1. The first-order valence-electron chi connectivity index (χ1n) is 8.20. The van der Waals surface area contributed by atoms with Crippen LogP contribution in [0.15, 0.2) is 18.3 Å². The first kappa shape index (κ1) is 16.9. The summed E-state index contributed by atoms with van der Waals surface area (Å²) in [6, 6.07) is 5.18. The topological polar surface area (TPSA) is 104 Å². The third kappa shape index (κ3) is 3.94. The van der Waals surface area contributed by atoms with Crippen LogP contribution in [-0.2, 0) is 14.4 Å². The van der Waals surface area contributed by atoms with Crippen LogP contribution in [0.2, 0.25) is 0 Å². The monoisotopic (exact) mass is 342 g/mol. The zero-order valence-electron chi connectivity index (χ0n) is 13.7. The minimum Gasteiger partial charge on any atom is -0.472 e. The van der Waals surface area contributed by atoms with Crippen molar-refractivity contribution in [2.45, 2.75) is 31.8 Å². The van der Waals surface area contributed by atoms with Crippen LogP contribution in [0.1, 0.15) is 31.2 Å². The molecule has 25 heavy (non-hydrogen) atoms. The van der Waals surface area contributed by atoms with Gasteiger partial charge in [-0.3, -0.25) is 19.3 Å². The number of ether oxygens (including phenoxy) is 1. The summed E-state index contributed by atoms with van der Waals surface area (Å²) in [6.45, 7) is 0.737. The molecular formula is C17H18N4O4. The largest absolute Gasteiger partial charge is 0.472 e. The summed E-state index contributed by atoms with van der Waals surface area (Å²) in [5.74, 6) is -0.486. The second-order valence-corrected chi connectivity index (χ2v) is 6.09. The number of likely N-dealkylation sites (tertiary alicyclic amines) is 2. The fourth-order valence-electron chi connectivity index (χ4n) is 3.01. The molecule has 1 aromatic heterocycles. The molecule has 0 aliphatic carbocycles. The number of carbonyl (C=O) groups is 3. The maximum atomic E-state index is 12.4. The fourth-order valence-corrected chi connectivity index (χ4v) is 3.01. The summed E-state index contributed by atoms with van der Waals surface area (Å²) >= 11 is 0. The van der Waals surface area contributed by atoms with Crippen molar-refractivity contribution in [1.29, 1.82) is 5.26 Å². The number of pyridine rings is 1. The number of hydrogen-bond acceptors (Lipinski definition) is 6. The molecule has 3 amide bonds. The highest BCUT2D eigenvalue weighted by molar-refractivity contribution is 6.04. The molecule has 3 rings (SSSR count). The Bertz CT molecular complexity index is 726. The summed E-state index contributed by atoms with van der Waals surface area (Å²) in [4.78, 5) is 42.4. The molecule has 130 valence electrons. The Labute approximate surface area is 145 Å². The number of piperidine rings is 1. The fraction of sp³-hybridized carbons (Fsp3) is 0.471. The smallest absolute Gasteiger partial charge is 0.242 e. The van der Waals surface area contributed by atoms with Crippen LogP contribution in [0.3, 0.4) is 0 Å². The minimum absolute atomic E-state index is 0.179. The SMILES string of the molecule is N#Cc1ccnc(O[C@H]2CCCN(C(=O)CN3C(=O)CCC3=O)C2)c1. The molecule has 8 nitrogen and oxygen atoms in total. The zero-order valence-corrected chi connectivity index (χ0v) is 13.7. The third-order valence-corrected chi connectivity index (χ3v) is 4.33. The lowest BCUT2D eigenvalue weighted by Gasteiger charge is -2.33. The second kappa shape index (κ2) is 7.30. The summed E-state index contributed by atoms with van der Waals surface area (Å²) < 4.78 is 5.79. The van der Waals surface area contributed by atoms with Crippen LogP contribution in [-0.4, -0.2) is 58.2 Å². The molecule has 3 heterocycles. The number of nitrogens with zero attached hydrogens (tertiary/aromatic N) is 4. The highest BCUT2D eigenvalue weighted by Crippen LogP contribution is 2.19. The van der Waals surface area contributed by atoms with Crippen molar-refractivity contribution in [3.05, 3.63) is 23.9 Å². The number of aromatic nitrogens is 1. The highest BCUT2D eigenvalue weighted by atomic mass is 16.5. The molecule has 2 aliphatic heterocycles. The van der Waals surface area contributed by atoms with Crippen molar-refractivity contribution in [3.8, 4) is 11.9 Å². The lowest BCUT2D eigenvalue weighted by Crippen LogP contribution is -2.48. The van der Waals surface area contributed by atoms with Crippen LogP contribution in [0.25, 0.3) is 0 Å². The Kier molecular flexibility index (Phi) is 4.93. The van der Waals surface area contributed by atoms with Crippen LogP contribution in [0.4, 0.5) is 0 Å². The normalized spacial score (nSPS) is 20.5. The number of rotatable bonds is 4. The molecule has 2 saturated heterocycles. The van der Waals surface area contributed by atoms with Crippen LogP contribution >= 0.6 is 0 Å². The van der Waals surface area contributed by atoms with E-state index in [1.54, 1.807) is 17.0 Å². The van der Waals surface area contributed by atoms with Crippen molar-refractivity contribution < 1.29 is 19.1 Å². The summed E-state index contributed by atoms with van der Waals surface area (Å²) in [5, 5.41) is 8.92. The molecule has 0 bridgehead atoms. The summed E-state index contributed by atoms with van der Waals surface area (Å²) in [6.07, 6.45) is 3.16. The molecule has 0 aromatic carbocycles. The number of nitriles is 1. The third-order valence-electron chi connectivity index (χ3n) is 4.33. The number of imide groups is 1. The van der Waals surface area contributed by atoms with Crippen molar-refractivity contribution in [3.63, 3.8) is 0 Å². The Hall–Kier alpha value is -2.95. The van der Waals surface area contributed by atoms with Crippen LogP contribution in [0, 0.1) is 11.3 Å². The second-order valence-electron chi connectivity index (χ2n) is 6.09. The first-order chi connectivity index (χ1) is 12.1. The van der Waals surface area contributed by atoms with E-state index in [4.69, 9.17) is 10.00 Å². The van der Waals surface area contributed by atoms with Gasteiger partial charge in [0.25, 0.3) is 0 Å². The number of amides is 3. The molecule has 0 unspecified atom stereocenters. The van der Waals surface area contributed by atoms with Gasteiger partial charge in [0.05, 0.1) is 18.2 Å². The predicted molar refractivity (Wildman–Crippen MR) is 85.1 cm³/mol. The Morgan fingerprint density at radius 1 is 1.36 bits per heavy atom. The van der Waals surface area contributed by atoms with E-state index in [1.807, 2.05) is 6.07 Å². The van der Waals surface area contributed by atoms with E-state index in [1.165, 1.54) is 6.20 Å². The van der Waals surface area contributed by atoms with Gasteiger partial charge < -0.3 is 9.64 Å². The van der Waals surface area contributed by atoms with E-state index < -0.39 is 0 Å². The van der Waals surface area contributed by atoms with Gasteiger partial charge in [0, 0.05) is 31.6 Å². The molecule has 0 spiro atoms. The molecule has 2 fully saturated rings. The van der Waals surface area contributed by atoms with Crippen molar-refractivity contribution >= 4 is 17.7 Å². The Morgan fingerprint density at radius 2 is 2.12 bits per heavy atom. The van der Waals surface area contributed by atoms with Gasteiger partial charge >= 0.3 is 0 Å². The van der Waals surface area contributed by atoms with E-state index in [9.17, 15) is 14.4 Å². The molecule has 0 saturated carbocycles. The molecule has 8 heteroatoms. The molecular weight excluding hydrogens is 324 g/mol. The molecule has 0 radical (unpaired) electrons. The van der Waals surface area contributed by atoms with E-state index in [2.05, 4.69) is 4.98 Å². The van der Waals surface area contributed by atoms with Crippen LogP contribution < -0.4 is 4.74 Å². The van der Waals surface area contributed by atoms with Crippen molar-refractivity contribution in [2.24, 2.45) is 0 Å². The molecule has 1 atom stereocenters. The van der Waals surface area contributed by atoms with Crippen molar-refractivity contribution in [1.82, 2.24) is 14.8 Å². The van der Waals surface area contributed by atoms with Gasteiger partial charge in [0.15, 0.2) is 0 Å². The Morgan fingerprint density at radius 3 is 2.84 bits per heavy atom. The minimum atomic E-state index is -0.291. The zero-order chi connectivity index (χ0) is 17.8. The number of hydrogen-bond donors (Lipinski definition) is 0. The Balaban J connectivity index is 1.59. The molecule has 2 aliphatic rings. The van der Waals surface area contributed by atoms with Crippen molar-refractivity contribution in [2.75, 3.05) is 19.6 Å². The highest BCUT2D eigenvalue weighted by Gasteiger charge is 2.33. The van der Waals surface area contributed by atoms with E-state index in [0.29, 0.717) is 24.5 Å². The molecule has 1 aromatic rings. The van der Waals surface area contributed by atoms with Crippen LogP contribution in [0.5, 0.6) is 5.88 Å². The van der Waals surface area contributed by atoms with Gasteiger partial charge in [-0.25, -0.2) is 4.98 Å². The lowest BCUT2D eigenvalue weighted by molar-refractivity contribution is -0.146.